The smallest absolute Gasteiger partial charge is 0.255 e. The van der Waals surface area contributed by atoms with Gasteiger partial charge in [-0.25, -0.2) is 0 Å². The molecule has 0 unspecified atom stereocenters. The predicted octanol–water partition coefficient (Wildman–Crippen LogP) is 2.81. The van der Waals surface area contributed by atoms with Crippen LogP contribution in [0.1, 0.15) is 17.3 Å². The molecule has 1 aromatic heterocycles. The van der Waals surface area contributed by atoms with Gasteiger partial charge in [-0.1, -0.05) is 0 Å². The number of hydrogen-bond donors (Lipinski definition) is 2. The lowest BCUT2D eigenvalue weighted by molar-refractivity contribution is -0.115. The third-order valence-corrected chi connectivity index (χ3v) is 3.10. The molecule has 2 N–H and O–H groups in total. The molecule has 0 aliphatic heterocycles. The van der Waals surface area contributed by atoms with Crippen molar-refractivity contribution in [3.63, 3.8) is 0 Å². The van der Waals surface area contributed by atoms with E-state index in [1.165, 1.54) is 12.3 Å². The van der Waals surface area contributed by atoms with Crippen LogP contribution in [0.3, 0.4) is 0 Å². The lowest BCUT2D eigenvalue weighted by Gasteiger charge is -2.07. The van der Waals surface area contributed by atoms with Crippen LogP contribution in [-0.4, -0.2) is 25.0 Å². The van der Waals surface area contributed by atoms with E-state index < -0.39 is 0 Å². The van der Waals surface area contributed by atoms with Crippen molar-refractivity contribution in [2.24, 2.45) is 0 Å². The lowest BCUT2D eigenvalue weighted by Crippen LogP contribution is -2.32. The molecule has 0 atom stereocenters. The summed E-state index contributed by atoms with van der Waals surface area (Å²) in [4.78, 5) is 23.5. The number of ether oxygens (including phenoxy) is 1. The van der Waals surface area contributed by atoms with Gasteiger partial charge in [-0.2, -0.15) is 0 Å². The Bertz CT molecular complexity index is 652. The van der Waals surface area contributed by atoms with Crippen LogP contribution in [0.25, 0.3) is 0 Å². The molecule has 2 rings (SSSR count). The van der Waals surface area contributed by atoms with Crippen LogP contribution < -0.4 is 15.4 Å². The first kappa shape index (κ1) is 16.1. The molecule has 6 nitrogen and oxygen atoms in total. The van der Waals surface area contributed by atoms with E-state index >= 15 is 0 Å². The summed E-state index contributed by atoms with van der Waals surface area (Å²) in [6.07, 6.45) is 1.31. The zero-order chi connectivity index (χ0) is 15.9. The summed E-state index contributed by atoms with van der Waals surface area (Å²) < 4.78 is 10.7. The molecule has 0 aliphatic rings. The van der Waals surface area contributed by atoms with Crippen LogP contribution in [0.2, 0.25) is 0 Å². The minimum absolute atomic E-state index is 0.130. The number of nitrogens with one attached hydrogen (secondary N) is 2. The molecule has 2 amide bonds. The number of hydrogen-bond acceptors (Lipinski definition) is 4. The molecule has 0 bridgehead atoms. The third-order valence-electron chi connectivity index (χ3n) is 2.69. The molecule has 1 aromatic carbocycles. The molecule has 0 aliphatic carbocycles. The van der Waals surface area contributed by atoms with Gasteiger partial charge in [-0.15, -0.1) is 0 Å². The summed E-state index contributed by atoms with van der Waals surface area (Å²) in [7, 11) is 0. The van der Waals surface area contributed by atoms with Crippen LogP contribution >= 0.6 is 15.9 Å². The fourth-order valence-corrected chi connectivity index (χ4v) is 2.04. The fourth-order valence-electron chi connectivity index (χ4n) is 1.70. The summed E-state index contributed by atoms with van der Waals surface area (Å²) in [5.41, 5.74) is 0.981. The highest BCUT2D eigenvalue weighted by Crippen LogP contribution is 2.15. The Hall–Kier alpha value is -2.28. The number of rotatable bonds is 6. The molecule has 0 fully saturated rings. The van der Waals surface area contributed by atoms with Gasteiger partial charge < -0.3 is 19.8 Å². The average Bonchev–Trinajstić information content (AvgIpc) is 2.94. The van der Waals surface area contributed by atoms with E-state index in [2.05, 4.69) is 26.6 Å². The number of anilines is 1. The molecule has 0 radical (unpaired) electrons. The van der Waals surface area contributed by atoms with Crippen LogP contribution in [-0.2, 0) is 4.79 Å². The fraction of sp³-hybridized carbons (Fsp3) is 0.200. The van der Waals surface area contributed by atoms with E-state index in [9.17, 15) is 9.59 Å². The van der Waals surface area contributed by atoms with Crippen molar-refractivity contribution in [1.29, 1.82) is 0 Å². The normalized spacial score (nSPS) is 10.1. The number of carbonyl (C=O) groups is 2. The van der Waals surface area contributed by atoms with E-state index in [0.29, 0.717) is 22.5 Å². The Kier molecular flexibility index (Phi) is 5.60. The highest BCUT2D eigenvalue weighted by molar-refractivity contribution is 9.10. The summed E-state index contributed by atoms with van der Waals surface area (Å²) in [5.74, 6) is 0.0377. The highest BCUT2D eigenvalue weighted by atomic mass is 79.9. The molecule has 1 heterocycles. The summed E-state index contributed by atoms with van der Waals surface area (Å²) in [5, 5.41) is 5.19. The van der Waals surface area contributed by atoms with Gasteiger partial charge in [0.2, 0.25) is 5.91 Å². The maximum atomic E-state index is 11.8. The Morgan fingerprint density at radius 3 is 2.59 bits per heavy atom. The minimum atomic E-state index is -0.378. The standard InChI is InChI=1S/C15H15BrN2O4/c1-2-21-12-5-3-11(4-6-12)18-14(19)8-17-15(20)10-7-13(16)22-9-10/h3-7,9H,2,8H2,1H3,(H,17,20)(H,18,19). The van der Waals surface area contributed by atoms with Crippen molar-refractivity contribution in [3.05, 3.63) is 46.8 Å². The van der Waals surface area contributed by atoms with E-state index in [0.717, 1.165) is 5.75 Å². The molecule has 7 heteroatoms. The molecular formula is C15H15BrN2O4. The number of halogens is 1. The van der Waals surface area contributed by atoms with Crippen LogP contribution in [0, 0.1) is 0 Å². The van der Waals surface area contributed by atoms with Crippen LogP contribution in [0.4, 0.5) is 5.69 Å². The number of benzene rings is 1. The van der Waals surface area contributed by atoms with E-state index in [1.807, 2.05) is 6.92 Å². The molecular weight excluding hydrogens is 352 g/mol. The zero-order valence-electron chi connectivity index (χ0n) is 11.9. The van der Waals surface area contributed by atoms with E-state index in [1.54, 1.807) is 24.3 Å². The van der Waals surface area contributed by atoms with Gasteiger partial charge in [0, 0.05) is 11.8 Å². The highest BCUT2D eigenvalue weighted by Gasteiger charge is 2.10. The number of amides is 2. The average molecular weight is 367 g/mol. The summed E-state index contributed by atoms with van der Waals surface area (Å²) in [6.45, 7) is 2.35. The molecule has 0 spiro atoms. The number of carbonyl (C=O) groups excluding carboxylic acids is 2. The SMILES string of the molecule is CCOc1ccc(NC(=O)CNC(=O)c2coc(Br)c2)cc1. The second-order valence-electron chi connectivity index (χ2n) is 4.33. The Morgan fingerprint density at radius 2 is 2.00 bits per heavy atom. The maximum absolute atomic E-state index is 11.8. The monoisotopic (exact) mass is 366 g/mol. The second kappa shape index (κ2) is 7.65. The quantitative estimate of drug-likeness (QED) is 0.823. The van der Waals surface area contributed by atoms with Gasteiger partial charge in [-0.05, 0) is 47.1 Å². The van der Waals surface area contributed by atoms with Gasteiger partial charge in [0.15, 0.2) is 4.67 Å². The van der Waals surface area contributed by atoms with Crippen molar-refractivity contribution in [3.8, 4) is 5.75 Å². The van der Waals surface area contributed by atoms with Gasteiger partial charge >= 0.3 is 0 Å². The molecule has 0 saturated heterocycles. The first-order valence-electron chi connectivity index (χ1n) is 6.63. The van der Waals surface area contributed by atoms with Crippen molar-refractivity contribution in [2.45, 2.75) is 6.92 Å². The Balaban J connectivity index is 1.81. The lowest BCUT2D eigenvalue weighted by atomic mass is 10.3. The minimum Gasteiger partial charge on any atom is -0.494 e. The zero-order valence-corrected chi connectivity index (χ0v) is 13.5. The van der Waals surface area contributed by atoms with E-state index in [4.69, 9.17) is 9.15 Å². The topological polar surface area (TPSA) is 80.6 Å². The Morgan fingerprint density at radius 1 is 1.27 bits per heavy atom. The first-order chi connectivity index (χ1) is 10.6. The molecule has 22 heavy (non-hydrogen) atoms. The maximum Gasteiger partial charge on any atom is 0.255 e. The van der Waals surface area contributed by atoms with Crippen molar-refractivity contribution >= 4 is 33.4 Å². The van der Waals surface area contributed by atoms with Crippen molar-refractivity contribution in [1.82, 2.24) is 5.32 Å². The van der Waals surface area contributed by atoms with Gasteiger partial charge in [0.1, 0.15) is 12.0 Å². The molecule has 2 aromatic rings. The van der Waals surface area contributed by atoms with Crippen molar-refractivity contribution in [2.75, 3.05) is 18.5 Å². The molecule has 0 saturated carbocycles. The first-order valence-corrected chi connectivity index (χ1v) is 7.42. The number of furan rings is 1. The molecule has 116 valence electrons. The second-order valence-corrected chi connectivity index (χ2v) is 5.11. The van der Waals surface area contributed by atoms with Gasteiger partial charge in [-0.3, -0.25) is 9.59 Å². The summed E-state index contributed by atoms with van der Waals surface area (Å²) >= 11 is 3.11. The van der Waals surface area contributed by atoms with Crippen molar-refractivity contribution < 1.29 is 18.7 Å². The largest absolute Gasteiger partial charge is 0.494 e. The predicted molar refractivity (Wildman–Crippen MR) is 85.0 cm³/mol. The van der Waals surface area contributed by atoms with Gasteiger partial charge in [0.25, 0.3) is 5.91 Å². The van der Waals surface area contributed by atoms with Crippen LogP contribution in [0.15, 0.2) is 45.7 Å². The van der Waals surface area contributed by atoms with Gasteiger partial charge in [0.05, 0.1) is 18.7 Å². The Labute approximate surface area is 136 Å². The van der Waals surface area contributed by atoms with Crippen LogP contribution in [0.5, 0.6) is 5.75 Å². The third kappa shape index (κ3) is 4.63. The van der Waals surface area contributed by atoms with E-state index in [-0.39, 0.29) is 18.4 Å². The summed E-state index contributed by atoms with van der Waals surface area (Å²) in [6, 6.07) is 8.52.